The van der Waals surface area contributed by atoms with Gasteiger partial charge in [0.05, 0.1) is 17.4 Å². The predicted octanol–water partition coefficient (Wildman–Crippen LogP) is 6.19. The largest absolute Gasteiger partial charge is 0.427 e. The highest BCUT2D eigenvalue weighted by molar-refractivity contribution is 6.30. The summed E-state index contributed by atoms with van der Waals surface area (Å²) in [5.74, 6) is -0.342. The molecule has 0 saturated carbocycles. The van der Waals surface area contributed by atoms with Gasteiger partial charge in [-0.05, 0) is 59.9 Å². The zero-order chi connectivity index (χ0) is 25.4. The van der Waals surface area contributed by atoms with Crippen molar-refractivity contribution >= 4 is 40.6 Å². The fourth-order valence-electron chi connectivity index (χ4n) is 5.14. The van der Waals surface area contributed by atoms with Crippen LogP contribution in [0, 0.1) is 0 Å². The van der Waals surface area contributed by atoms with E-state index in [1.807, 2.05) is 54.6 Å². The third-order valence-corrected chi connectivity index (χ3v) is 6.86. The van der Waals surface area contributed by atoms with E-state index in [-0.39, 0.29) is 17.6 Å². The summed E-state index contributed by atoms with van der Waals surface area (Å²) in [6, 6.07) is 21.5. The number of esters is 1. The number of anilines is 2. The van der Waals surface area contributed by atoms with Crippen LogP contribution in [0.2, 0.25) is 5.02 Å². The molecule has 2 aliphatic rings. The third-order valence-electron chi connectivity index (χ3n) is 6.60. The lowest BCUT2D eigenvalue weighted by atomic mass is 9.78. The van der Waals surface area contributed by atoms with Gasteiger partial charge >= 0.3 is 5.97 Å². The van der Waals surface area contributed by atoms with Crippen LogP contribution in [0.1, 0.15) is 49.8 Å². The molecule has 6 nitrogen and oxygen atoms in total. The van der Waals surface area contributed by atoms with Gasteiger partial charge in [-0.1, -0.05) is 48.0 Å². The molecule has 182 valence electrons. The maximum absolute atomic E-state index is 13.9. The van der Waals surface area contributed by atoms with Crippen LogP contribution < -0.4 is 15.0 Å². The molecule has 0 unspecified atom stereocenters. The second-order valence-corrected chi connectivity index (χ2v) is 9.51. The quantitative estimate of drug-likeness (QED) is 0.343. The number of hydrogen-bond donors (Lipinski definition) is 1. The number of amides is 1. The Kier molecular flexibility index (Phi) is 6.37. The van der Waals surface area contributed by atoms with Crippen molar-refractivity contribution in [1.29, 1.82) is 0 Å². The van der Waals surface area contributed by atoms with Gasteiger partial charge in [-0.15, -0.1) is 0 Å². The second-order valence-electron chi connectivity index (χ2n) is 9.07. The first-order chi connectivity index (χ1) is 17.3. The van der Waals surface area contributed by atoms with Crippen LogP contribution in [-0.2, 0) is 14.4 Å². The number of hydrogen-bond acceptors (Lipinski definition) is 5. The number of ether oxygens (including phenoxy) is 1. The van der Waals surface area contributed by atoms with Crippen LogP contribution in [-0.4, -0.2) is 17.7 Å². The molecule has 2 atom stereocenters. The van der Waals surface area contributed by atoms with Gasteiger partial charge in [0.25, 0.3) is 0 Å². The molecule has 0 bridgehead atoms. The molecule has 5 rings (SSSR count). The minimum atomic E-state index is -0.678. The molecule has 1 aliphatic carbocycles. The maximum atomic E-state index is 13.9. The average Bonchev–Trinajstić information content (AvgIpc) is 2.99. The van der Waals surface area contributed by atoms with Crippen molar-refractivity contribution in [1.82, 2.24) is 0 Å². The van der Waals surface area contributed by atoms with Gasteiger partial charge in [0.2, 0.25) is 5.91 Å². The van der Waals surface area contributed by atoms with Gasteiger partial charge in [0, 0.05) is 36.6 Å². The van der Waals surface area contributed by atoms with Crippen LogP contribution in [0.4, 0.5) is 11.4 Å². The Morgan fingerprint density at radius 3 is 2.42 bits per heavy atom. The van der Waals surface area contributed by atoms with Gasteiger partial charge < -0.3 is 10.1 Å². The average molecular weight is 501 g/mol. The molecule has 0 fully saturated rings. The molecule has 0 saturated heterocycles. The summed E-state index contributed by atoms with van der Waals surface area (Å²) in [5, 5.41) is 4.13. The summed E-state index contributed by atoms with van der Waals surface area (Å²) in [4.78, 5) is 40.2. The fraction of sp³-hybridized carbons (Fsp3) is 0.207. The number of rotatable bonds is 3. The third kappa shape index (κ3) is 4.52. The van der Waals surface area contributed by atoms with Gasteiger partial charge in [-0.25, -0.2) is 0 Å². The lowest BCUT2D eigenvalue weighted by Gasteiger charge is -2.34. The number of fused-ring (bicyclic) bond motifs is 1. The van der Waals surface area contributed by atoms with Crippen LogP contribution in [0.15, 0.2) is 84.1 Å². The van der Waals surface area contributed by atoms with Crippen LogP contribution in [0.5, 0.6) is 5.75 Å². The van der Waals surface area contributed by atoms with Crippen molar-refractivity contribution < 1.29 is 19.1 Å². The minimum absolute atomic E-state index is 0.0231. The van der Waals surface area contributed by atoms with Gasteiger partial charge in [-0.3, -0.25) is 19.3 Å². The zero-order valence-electron chi connectivity index (χ0n) is 20.0. The number of Topliss-reactive ketones (excluding diaryl/α,β-unsaturated/α-hetero) is 1. The molecule has 3 aromatic carbocycles. The summed E-state index contributed by atoms with van der Waals surface area (Å²) >= 11 is 6.09. The Bertz CT molecular complexity index is 1400. The molecule has 1 amide bonds. The van der Waals surface area contributed by atoms with E-state index in [1.54, 1.807) is 23.1 Å². The number of para-hydroxylation sites is 2. The molecule has 0 aromatic heterocycles. The van der Waals surface area contributed by atoms with Gasteiger partial charge in [-0.2, -0.15) is 0 Å². The second kappa shape index (κ2) is 9.63. The smallest absolute Gasteiger partial charge is 0.308 e. The monoisotopic (exact) mass is 500 g/mol. The Morgan fingerprint density at radius 2 is 1.69 bits per heavy atom. The Morgan fingerprint density at radius 1 is 0.944 bits per heavy atom. The van der Waals surface area contributed by atoms with E-state index in [2.05, 4.69) is 5.32 Å². The fourth-order valence-corrected chi connectivity index (χ4v) is 5.26. The Labute approximate surface area is 214 Å². The number of ketones is 1. The molecular formula is C29H25ClN2O4. The lowest BCUT2D eigenvalue weighted by Crippen LogP contribution is -2.37. The SMILES string of the molecule is CC(=O)Oc1cccc([C@@H]2C3=C(C[C@@H](c4ccc(Cl)cc4)CC3=O)Nc3ccccc3N2C(C)=O)c1. The van der Waals surface area contributed by atoms with E-state index < -0.39 is 12.0 Å². The van der Waals surface area contributed by atoms with Crippen molar-refractivity contribution in [3.8, 4) is 5.75 Å². The number of allylic oxidation sites excluding steroid dienone is 1. The van der Waals surface area contributed by atoms with E-state index in [9.17, 15) is 14.4 Å². The topological polar surface area (TPSA) is 75.7 Å². The highest BCUT2D eigenvalue weighted by Gasteiger charge is 2.40. The van der Waals surface area contributed by atoms with Gasteiger partial charge in [0.1, 0.15) is 5.75 Å². The summed E-state index contributed by atoms with van der Waals surface area (Å²) in [5.41, 5.74) is 4.49. The van der Waals surface area contributed by atoms with Crippen molar-refractivity contribution in [2.24, 2.45) is 0 Å². The highest BCUT2D eigenvalue weighted by Crippen LogP contribution is 2.47. The van der Waals surface area contributed by atoms with E-state index in [1.165, 1.54) is 13.8 Å². The molecule has 1 N–H and O–H groups in total. The summed E-state index contributed by atoms with van der Waals surface area (Å²) in [7, 11) is 0. The van der Waals surface area contributed by atoms with Gasteiger partial charge in [0.15, 0.2) is 5.78 Å². The number of carbonyl (C=O) groups is 3. The first kappa shape index (κ1) is 23.8. The minimum Gasteiger partial charge on any atom is -0.427 e. The Hall–Kier alpha value is -3.90. The number of nitrogens with zero attached hydrogens (tertiary/aromatic N) is 1. The normalized spacial score (nSPS) is 19.1. The zero-order valence-corrected chi connectivity index (χ0v) is 20.7. The molecule has 0 radical (unpaired) electrons. The molecule has 1 heterocycles. The van der Waals surface area contributed by atoms with E-state index in [0.717, 1.165) is 16.9 Å². The molecule has 7 heteroatoms. The van der Waals surface area contributed by atoms with E-state index in [0.29, 0.717) is 40.4 Å². The summed E-state index contributed by atoms with van der Waals surface area (Å²) < 4.78 is 5.32. The molecule has 1 aliphatic heterocycles. The van der Waals surface area contributed by atoms with Crippen molar-refractivity contribution in [3.05, 3.63) is 100 Å². The van der Waals surface area contributed by atoms with E-state index in [4.69, 9.17) is 16.3 Å². The van der Waals surface area contributed by atoms with Crippen molar-refractivity contribution in [3.63, 3.8) is 0 Å². The molecule has 36 heavy (non-hydrogen) atoms. The predicted molar refractivity (Wildman–Crippen MR) is 139 cm³/mol. The highest BCUT2D eigenvalue weighted by atomic mass is 35.5. The molecular weight excluding hydrogens is 476 g/mol. The maximum Gasteiger partial charge on any atom is 0.308 e. The number of nitrogens with one attached hydrogen (secondary N) is 1. The van der Waals surface area contributed by atoms with Crippen LogP contribution in [0.3, 0.4) is 0 Å². The summed E-state index contributed by atoms with van der Waals surface area (Å²) in [6.07, 6.45) is 0.910. The Balaban J connectivity index is 1.68. The number of halogens is 1. The first-order valence-electron chi connectivity index (χ1n) is 11.8. The number of carbonyl (C=O) groups excluding carboxylic acids is 3. The van der Waals surface area contributed by atoms with E-state index >= 15 is 0 Å². The van der Waals surface area contributed by atoms with Crippen LogP contribution >= 0.6 is 11.6 Å². The lowest BCUT2D eigenvalue weighted by molar-refractivity contribution is -0.132. The van der Waals surface area contributed by atoms with Crippen molar-refractivity contribution in [2.45, 2.75) is 38.6 Å². The first-order valence-corrected chi connectivity index (χ1v) is 12.2. The molecule has 3 aromatic rings. The standard InChI is InChI=1S/C29H25ClN2O4/c1-17(33)32-26-9-4-3-8-24(26)31-25-15-21(19-10-12-22(30)13-11-19)16-27(35)28(25)29(32)20-6-5-7-23(14-20)36-18(2)34/h3-14,21,29,31H,15-16H2,1-2H3/t21-,29-/m1/s1. The molecule has 0 spiro atoms. The van der Waals surface area contributed by atoms with Crippen LogP contribution in [0.25, 0.3) is 0 Å². The van der Waals surface area contributed by atoms with Crippen molar-refractivity contribution in [2.75, 3.05) is 10.2 Å². The summed E-state index contributed by atoms with van der Waals surface area (Å²) in [6.45, 7) is 2.83. The number of benzene rings is 3.